The molecule has 0 spiro atoms. The van der Waals surface area contributed by atoms with E-state index in [0.29, 0.717) is 10.7 Å². The van der Waals surface area contributed by atoms with Crippen LogP contribution in [-0.2, 0) is 0 Å². The third kappa shape index (κ3) is 1.32. The Balaban J connectivity index is 2.31. The average Bonchev–Trinajstić information content (AvgIpc) is 2.68. The fourth-order valence-electron chi connectivity index (χ4n) is 1.26. The van der Waals surface area contributed by atoms with Gasteiger partial charge in [-0.25, -0.2) is 4.39 Å². The number of benzene rings is 1. The molecule has 1 aromatic rings. The molecule has 0 nitrogen and oxygen atoms in total. The minimum absolute atomic E-state index is 0.0700. The first-order valence-corrected chi connectivity index (χ1v) is 4.59. The van der Waals surface area contributed by atoms with Crippen molar-refractivity contribution in [1.82, 2.24) is 0 Å². The lowest BCUT2D eigenvalue weighted by Gasteiger charge is -1.97. The van der Waals surface area contributed by atoms with E-state index in [0.717, 1.165) is 12.0 Å². The Morgan fingerprint density at radius 2 is 2.00 bits per heavy atom. The van der Waals surface area contributed by atoms with E-state index in [4.69, 9.17) is 0 Å². The summed E-state index contributed by atoms with van der Waals surface area (Å²) in [6.45, 7) is 0. The predicted octanol–water partition coefficient (Wildman–Crippen LogP) is 3.08. The first-order valence-electron chi connectivity index (χ1n) is 3.67. The maximum atomic E-state index is 13.0. The van der Waals surface area contributed by atoms with Crippen molar-refractivity contribution < 1.29 is 4.39 Å². The molecule has 1 fully saturated rings. The predicted molar refractivity (Wildman–Crippen MR) is 46.5 cm³/mol. The Bertz CT molecular complexity index is 272. The van der Waals surface area contributed by atoms with Crippen LogP contribution in [0.2, 0.25) is 0 Å². The van der Waals surface area contributed by atoms with E-state index in [-0.39, 0.29) is 5.82 Å². The van der Waals surface area contributed by atoms with Gasteiger partial charge in [0, 0.05) is 10.7 Å². The van der Waals surface area contributed by atoms with Gasteiger partial charge in [-0.3, -0.25) is 0 Å². The number of alkyl halides is 1. The molecule has 0 aliphatic heterocycles. The molecule has 11 heavy (non-hydrogen) atoms. The minimum atomic E-state index is -0.0700. The highest BCUT2D eigenvalue weighted by Crippen LogP contribution is 2.47. The quantitative estimate of drug-likeness (QED) is 0.631. The van der Waals surface area contributed by atoms with Crippen LogP contribution in [0.1, 0.15) is 17.9 Å². The van der Waals surface area contributed by atoms with Crippen molar-refractivity contribution in [1.29, 1.82) is 0 Å². The van der Waals surface area contributed by atoms with E-state index in [9.17, 15) is 4.39 Å². The fraction of sp³-hybridized carbons (Fsp3) is 0.333. The third-order valence-electron chi connectivity index (χ3n) is 2.02. The molecule has 2 atom stereocenters. The summed E-state index contributed by atoms with van der Waals surface area (Å²) in [6, 6.07) is 7.00. The SMILES string of the molecule is Fc1ccccc1[C@H]1C[C@@H]1Br. The molecule has 1 aromatic carbocycles. The molecule has 0 saturated heterocycles. The molecule has 2 heteroatoms. The third-order valence-corrected chi connectivity index (χ3v) is 3.03. The highest BCUT2D eigenvalue weighted by molar-refractivity contribution is 9.09. The van der Waals surface area contributed by atoms with Crippen LogP contribution in [-0.4, -0.2) is 4.83 Å². The van der Waals surface area contributed by atoms with Crippen molar-refractivity contribution in [3.8, 4) is 0 Å². The number of rotatable bonds is 1. The highest BCUT2D eigenvalue weighted by atomic mass is 79.9. The van der Waals surface area contributed by atoms with Gasteiger partial charge in [0.25, 0.3) is 0 Å². The van der Waals surface area contributed by atoms with E-state index in [1.165, 1.54) is 6.07 Å². The molecule has 2 rings (SSSR count). The van der Waals surface area contributed by atoms with Gasteiger partial charge in [0.15, 0.2) is 0 Å². The largest absolute Gasteiger partial charge is 0.207 e. The first-order chi connectivity index (χ1) is 5.29. The molecule has 0 radical (unpaired) electrons. The molecule has 0 unspecified atom stereocenters. The summed E-state index contributed by atoms with van der Waals surface area (Å²) in [6.07, 6.45) is 1.07. The van der Waals surface area contributed by atoms with Gasteiger partial charge < -0.3 is 0 Å². The van der Waals surface area contributed by atoms with Gasteiger partial charge in [-0.1, -0.05) is 34.1 Å². The van der Waals surface area contributed by atoms with Crippen molar-refractivity contribution >= 4 is 15.9 Å². The van der Waals surface area contributed by atoms with Gasteiger partial charge >= 0.3 is 0 Å². The van der Waals surface area contributed by atoms with Gasteiger partial charge in [-0.05, 0) is 18.1 Å². The lowest BCUT2D eigenvalue weighted by atomic mass is 10.1. The lowest BCUT2D eigenvalue weighted by molar-refractivity contribution is 0.611. The Morgan fingerprint density at radius 1 is 1.36 bits per heavy atom. The Hall–Kier alpha value is -0.370. The van der Waals surface area contributed by atoms with E-state index < -0.39 is 0 Å². The van der Waals surface area contributed by atoms with Gasteiger partial charge in [0.1, 0.15) is 5.82 Å². The zero-order valence-electron chi connectivity index (χ0n) is 5.93. The van der Waals surface area contributed by atoms with Crippen LogP contribution in [0.15, 0.2) is 24.3 Å². The standard InChI is InChI=1S/C9H8BrF/c10-8-5-7(8)6-3-1-2-4-9(6)11/h1-4,7-8H,5H2/t7-,8+/m1/s1. The first kappa shape index (κ1) is 7.29. The van der Waals surface area contributed by atoms with Gasteiger partial charge in [0.05, 0.1) is 0 Å². The summed E-state index contributed by atoms with van der Waals surface area (Å²) in [5.74, 6) is 0.343. The van der Waals surface area contributed by atoms with Crippen molar-refractivity contribution in [3.63, 3.8) is 0 Å². The zero-order chi connectivity index (χ0) is 7.84. The molecule has 1 aliphatic rings. The van der Waals surface area contributed by atoms with Crippen LogP contribution in [0.3, 0.4) is 0 Å². The Labute approximate surface area is 73.6 Å². The van der Waals surface area contributed by atoms with E-state index in [1.807, 2.05) is 12.1 Å². The normalized spacial score (nSPS) is 28.5. The van der Waals surface area contributed by atoms with Gasteiger partial charge in [-0.2, -0.15) is 0 Å². The second-order valence-corrected chi connectivity index (χ2v) is 4.06. The fourth-order valence-corrected chi connectivity index (χ4v) is 1.95. The summed E-state index contributed by atoms with van der Waals surface area (Å²) in [4.78, 5) is 0.499. The summed E-state index contributed by atoms with van der Waals surface area (Å²) in [7, 11) is 0. The molecule has 0 amide bonds. The van der Waals surface area contributed by atoms with Crippen LogP contribution >= 0.6 is 15.9 Å². The second-order valence-electron chi connectivity index (χ2n) is 2.88. The summed E-state index contributed by atoms with van der Waals surface area (Å²) < 4.78 is 13.0. The minimum Gasteiger partial charge on any atom is -0.207 e. The molecular weight excluding hydrogens is 207 g/mol. The van der Waals surface area contributed by atoms with Crippen molar-refractivity contribution in [3.05, 3.63) is 35.6 Å². The molecule has 0 heterocycles. The van der Waals surface area contributed by atoms with Crippen LogP contribution in [0.5, 0.6) is 0 Å². The monoisotopic (exact) mass is 214 g/mol. The van der Waals surface area contributed by atoms with Crippen molar-refractivity contribution in [2.75, 3.05) is 0 Å². The van der Waals surface area contributed by atoms with Crippen molar-refractivity contribution in [2.24, 2.45) is 0 Å². The second kappa shape index (κ2) is 2.59. The maximum Gasteiger partial charge on any atom is 0.126 e. The number of hydrogen-bond donors (Lipinski definition) is 0. The molecule has 0 bridgehead atoms. The smallest absolute Gasteiger partial charge is 0.126 e. The molecule has 1 saturated carbocycles. The summed E-state index contributed by atoms with van der Waals surface area (Å²) >= 11 is 3.45. The van der Waals surface area contributed by atoms with Crippen LogP contribution in [0, 0.1) is 5.82 Å². The van der Waals surface area contributed by atoms with Gasteiger partial charge in [0.2, 0.25) is 0 Å². The molecule has 0 N–H and O–H groups in total. The Kier molecular flexibility index (Phi) is 1.72. The Morgan fingerprint density at radius 3 is 2.55 bits per heavy atom. The maximum absolute atomic E-state index is 13.0. The molecule has 0 aromatic heterocycles. The van der Waals surface area contributed by atoms with Crippen LogP contribution < -0.4 is 0 Å². The zero-order valence-corrected chi connectivity index (χ0v) is 7.51. The summed E-state index contributed by atoms with van der Waals surface area (Å²) in [5, 5.41) is 0. The number of hydrogen-bond acceptors (Lipinski definition) is 0. The van der Waals surface area contributed by atoms with Gasteiger partial charge in [-0.15, -0.1) is 0 Å². The van der Waals surface area contributed by atoms with E-state index in [1.54, 1.807) is 6.07 Å². The number of halogens is 2. The van der Waals surface area contributed by atoms with Crippen LogP contribution in [0.25, 0.3) is 0 Å². The van der Waals surface area contributed by atoms with Crippen molar-refractivity contribution in [2.45, 2.75) is 17.2 Å². The molecule has 58 valence electrons. The highest BCUT2D eigenvalue weighted by Gasteiger charge is 2.37. The van der Waals surface area contributed by atoms with E-state index >= 15 is 0 Å². The topological polar surface area (TPSA) is 0 Å². The summed E-state index contributed by atoms with van der Waals surface area (Å²) in [5.41, 5.74) is 0.856. The van der Waals surface area contributed by atoms with Crippen LogP contribution in [0.4, 0.5) is 4.39 Å². The molecule has 1 aliphatic carbocycles. The van der Waals surface area contributed by atoms with E-state index in [2.05, 4.69) is 15.9 Å². The average molecular weight is 215 g/mol. The lowest BCUT2D eigenvalue weighted by Crippen LogP contribution is -1.86. The molecular formula is C9H8BrF.